The summed E-state index contributed by atoms with van der Waals surface area (Å²) in [7, 11) is 0. The molecule has 2 heterocycles. The highest BCUT2D eigenvalue weighted by Gasteiger charge is 2.02. The van der Waals surface area contributed by atoms with Gasteiger partial charge in [0.1, 0.15) is 0 Å². The van der Waals surface area contributed by atoms with Gasteiger partial charge in [0, 0.05) is 17.6 Å². The van der Waals surface area contributed by atoms with Crippen molar-refractivity contribution in [2.45, 2.75) is 26.8 Å². The molecule has 4 heteroatoms. The van der Waals surface area contributed by atoms with Crippen LogP contribution in [0.4, 0.5) is 0 Å². The first-order valence-corrected chi connectivity index (χ1v) is 6.21. The third-order valence-corrected chi connectivity index (χ3v) is 3.00. The molecule has 0 aromatic carbocycles. The van der Waals surface area contributed by atoms with Crippen LogP contribution >= 0.6 is 11.3 Å². The number of hydrogen-bond acceptors (Lipinski definition) is 3. The van der Waals surface area contributed by atoms with Crippen molar-refractivity contribution in [1.82, 2.24) is 14.5 Å². The van der Waals surface area contributed by atoms with Crippen LogP contribution in [0.25, 0.3) is 11.6 Å². The summed E-state index contributed by atoms with van der Waals surface area (Å²) in [6.07, 6.45) is 5.99. The molecule has 0 fully saturated rings. The lowest BCUT2D eigenvalue weighted by atomic mass is 10.2. The van der Waals surface area contributed by atoms with Crippen molar-refractivity contribution >= 4 is 23.0 Å². The highest BCUT2D eigenvalue weighted by molar-refractivity contribution is 7.07. The Morgan fingerprint density at radius 1 is 1.44 bits per heavy atom. The minimum Gasteiger partial charge on any atom is -0.334 e. The van der Waals surface area contributed by atoms with Crippen LogP contribution in [0, 0.1) is 0 Å². The van der Waals surface area contributed by atoms with Crippen molar-refractivity contribution in [3.8, 4) is 0 Å². The zero-order valence-corrected chi connectivity index (χ0v) is 10.5. The van der Waals surface area contributed by atoms with Gasteiger partial charge < -0.3 is 4.57 Å². The minimum absolute atomic E-state index is 0.453. The molecule has 0 aliphatic rings. The monoisotopic (exact) mass is 233 g/mol. The number of rotatable bonds is 3. The Labute approximate surface area is 99.5 Å². The van der Waals surface area contributed by atoms with E-state index in [0.29, 0.717) is 6.04 Å². The molecule has 0 radical (unpaired) electrons. The number of allylic oxidation sites excluding steroid dienone is 1. The van der Waals surface area contributed by atoms with Crippen molar-refractivity contribution < 1.29 is 0 Å². The topological polar surface area (TPSA) is 30.7 Å². The van der Waals surface area contributed by atoms with Gasteiger partial charge in [0.15, 0.2) is 0 Å². The fraction of sp³-hybridized carbons (Fsp3) is 0.333. The molecule has 0 bridgehead atoms. The molecule has 0 spiro atoms. The van der Waals surface area contributed by atoms with E-state index >= 15 is 0 Å². The molecule has 2 rings (SSSR count). The molecule has 84 valence electrons. The van der Waals surface area contributed by atoms with E-state index < -0.39 is 0 Å². The Morgan fingerprint density at radius 2 is 2.25 bits per heavy atom. The van der Waals surface area contributed by atoms with E-state index in [4.69, 9.17) is 0 Å². The lowest BCUT2D eigenvalue weighted by Gasteiger charge is -2.03. The maximum atomic E-state index is 4.35. The number of nitrogens with zero attached hydrogens (tertiary/aromatic N) is 3. The summed E-state index contributed by atoms with van der Waals surface area (Å²) < 4.78 is 2.10. The van der Waals surface area contributed by atoms with Crippen LogP contribution in [0.3, 0.4) is 0 Å². The lowest BCUT2D eigenvalue weighted by Crippen LogP contribution is -1.95. The number of thiazole rings is 1. The number of hydrogen-bond donors (Lipinski definition) is 0. The van der Waals surface area contributed by atoms with Crippen LogP contribution in [-0.2, 0) is 0 Å². The SMILES string of the molecule is C/C(=C\c1cn(C(C)C)cn1)c1cscn1. The fourth-order valence-corrected chi connectivity index (χ4v) is 2.02. The van der Waals surface area contributed by atoms with Crippen molar-refractivity contribution in [3.63, 3.8) is 0 Å². The Balaban J connectivity index is 2.22. The van der Waals surface area contributed by atoms with Crippen LogP contribution in [0.1, 0.15) is 38.2 Å². The summed E-state index contributed by atoms with van der Waals surface area (Å²) in [4.78, 5) is 8.62. The van der Waals surface area contributed by atoms with Gasteiger partial charge in [0.25, 0.3) is 0 Å². The molecule has 0 N–H and O–H groups in total. The Kier molecular flexibility index (Phi) is 3.19. The van der Waals surface area contributed by atoms with Gasteiger partial charge >= 0.3 is 0 Å². The van der Waals surface area contributed by atoms with E-state index in [0.717, 1.165) is 17.0 Å². The van der Waals surface area contributed by atoms with E-state index in [-0.39, 0.29) is 0 Å². The Bertz CT molecular complexity index is 480. The predicted molar refractivity (Wildman–Crippen MR) is 68.3 cm³/mol. The van der Waals surface area contributed by atoms with Gasteiger partial charge in [-0.15, -0.1) is 11.3 Å². The van der Waals surface area contributed by atoms with Gasteiger partial charge in [-0.3, -0.25) is 0 Å². The third-order valence-electron chi connectivity index (χ3n) is 2.42. The maximum Gasteiger partial charge on any atom is 0.0955 e. The molecule has 3 nitrogen and oxygen atoms in total. The molecule has 2 aromatic rings. The van der Waals surface area contributed by atoms with Gasteiger partial charge in [-0.25, -0.2) is 9.97 Å². The smallest absolute Gasteiger partial charge is 0.0955 e. The van der Waals surface area contributed by atoms with E-state index in [2.05, 4.69) is 47.6 Å². The van der Waals surface area contributed by atoms with Crippen LogP contribution in [0.15, 0.2) is 23.4 Å². The van der Waals surface area contributed by atoms with E-state index in [1.807, 2.05) is 17.2 Å². The Morgan fingerprint density at radius 3 is 2.81 bits per heavy atom. The summed E-state index contributed by atoms with van der Waals surface area (Å²) >= 11 is 1.61. The van der Waals surface area contributed by atoms with Gasteiger partial charge in [0.05, 0.1) is 23.2 Å². The lowest BCUT2D eigenvalue weighted by molar-refractivity contribution is 0.599. The number of imidazole rings is 1. The minimum atomic E-state index is 0.453. The first-order chi connectivity index (χ1) is 7.66. The quantitative estimate of drug-likeness (QED) is 0.812. The zero-order chi connectivity index (χ0) is 11.5. The largest absolute Gasteiger partial charge is 0.334 e. The highest BCUT2D eigenvalue weighted by Crippen LogP contribution is 2.17. The second-order valence-corrected chi connectivity index (χ2v) is 4.76. The fourth-order valence-electron chi connectivity index (χ4n) is 1.41. The van der Waals surface area contributed by atoms with Crippen LogP contribution in [0.2, 0.25) is 0 Å². The average Bonchev–Trinajstić information content (AvgIpc) is 2.87. The molecule has 0 aliphatic heterocycles. The van der Waals surface area contributed by atoms with E-state index in [9.17, 15) is 0 Å². The predicted octanol–water partition coefficient (Wildman–Crippen LogP) is 3.48. The molecule has 0 aliphatic carbocycles. The molecule has 0 saturated heterocycles. The van der Waals surface area contributed by atoms with Crippen LogP contribution < -0.4 is 0 Å². The summed E-state index contributed by atoms with van der Waals surface area (Å²) in [6, 6.07) is 0.453. The van der Waals surface area contributed by atoms with Crippen molar-refractivity contribution in [2.24, 2.45) is 0 Å². The van der Waals surface area contributed by atoms with Crippen LogP contribution in [0.5, 0.6) is 0 Å². The van der Waals surface area contributed by atoms with Gasteiger partial charge in [0.2, 0.25) is 0 Å². The molecule has 0 amide bonds. The van der Waals surface area contributed by atoms with Gasteiger partial charge in [-0.05, 0) is 32.4 Å². The van der Waals surface area contributed by atoms with E-state index in [1.54, 1.807) is 11.3 Å². The molecule has 0 saturated carbocycles. The second kappa shape index (κ2) is 4.61. The zero-order valence-electron chi connectivity index (χ0n) is 9.71. The third kappa shape index (κ3) is 2.39. The van der Waals surface area contributed by atoms with Crippen molar-refractivity contribution in [2.75, 3.05) is 0 Å². The number of aromatic nitrogens is 3. The van der Waals surface area contributed by atoms with E-state index in [1.165, 1.54) is 0 Å². The summed E-state index contributed by atoms with van der Waals surface area (Å²) in [5.74, 6) is 0. The van der Waals surface area contributed by atoms with Crippen molar-refractivity contribution in [3.05, 3.63) is 34.8 Å². The van der Waals surface area contributed by atoms with Gasteiger partial charge in [-0.2, -0.15) is 0 Å². The van der Waals surface area contributed by atoms with Crippen molar-refractivity contribution in [1.29, 1.82) is 0 Å². The molecule has 16 heavy (non-hydrogen) atoms. The molecule has 0 atom stereocenters. The summed E-state index contributed by atoms with van der Waals surface area (Å²) in [5, 5.41) is 2.05. The Hall–Kier alpha value is -1.42. The summed E-state index contributed by atoms with van der Waals surface area (Å²) in [5.41, 5.74) is 5.01. The maximum absolute atomic E-state index is 4.35. The molecular formula is C12H15N3S. The highest BCUT2D eigenvalue weighted by atomic mass is 32.1. The first-order valence-electron chi connectivity index (χ1n) is 5.27. The molecule has 2 aromatic heterocycles. The van der Waals surface area contributed by atoms with Crippen LogP contribution in [-0.4, -0.2) is 14.5 Å². The average molecular weight is 233 g/mol. The second-order valence-electron chi connectivity index (χ2n) is 4.04. The normalized spacial score (nSPS) is 12.4. The molecule has 0 unspecified atom stereocenters. The van der Waals surface area contributed by atoms with Gasteiger partial charge in [-0.1, -0.05) is 0 Å². The standard InChI is InChI=1S/C12H15N3S/c1-9(2)15-5-11(13-7-15)4-10(3)12-6-16-8-14-12/h4-9H,1-3H3/b10-4+. The molecular weight excluding hydrogens is 218 g/mol. The summed E-state index contributed by atoms with van der Waals surface area (Å²) in [6.45, 7) is 6.34. The first kappa shape index (κ1) is 11.1.